The van der Waals surface area contributed by atoms with E-state index in [4.69, 9.17) is 9.40 Å². The lowest BCUT2D eigenvalue weighted by Gasteiger charge is -2.09. The zero-order valence-electron chi connectivity index (χ0n) is 19.0. The molecule has 7 rings (SSSR count). The predicted molar refractivity (Wildman–Crippen MR) is 139 cm³/mol. The molecule has 0 bridgehead atoms. The van der Waals surface area contributed by atoms with Gasteiger partial charge in [0.25, 0.3) is 0 Å². The molecule has 172 valence electrons. The first-order valence-electron chi connectivity index (χ1n) is 11.6. The molecule has 0 atom stereocenters. The number of hydrogen-bond donors (Lipinski definition) is 0. The molecule has 0 amide bonds. The Balaban J connectivity index is 1.50. The summed E-state index contributed by atoms with van der Waals surface area (Å²) in [5.74, 6) is -0.460. The summed E-state index contributed by atoms with van der Waals surface area (Å²) < 4.78 is 37.4. The van der Waals surface area contributed by atoms with Crippen molar-refractivity contribution in [2.24, 2.45) is 0 Å². The van der Waals surface area contributed by atoms with Crippen LogP contribution in [0.4, 0.5) is 8.78 Å². The van der Waals surface area contributed by atoms with Crippen LogP contribution < -0.4 is 0 Å². The standard InChI is InChI=1S/C31H18F2N2O/c32-24-12-7-13-25(33)29(24)19-16-17-21-22-10-6-11-23(30(22)36-28(21)18-19)31-34-26-14-4-5-15-27(26)35(31)20-8-2-1-3-9-20/h1-18H. The molecular formula is C31H18F2N2O. The fourth-order valence-corrected chi connectivity index (χ4v) is 4.95. The number of imidazole rings is 1. The molecule has 0 spiro atoms. The van der Waals surface area contributed by atoms with Crippen molar-refractivity contribution in [1.29, 1.82) is 0 Å². The molecule has 0 fully saturated rings. The normalized spacial score (nSPS) is 11.6. The Morgan fingerprint density at radius 3 is 2.25 bits per heavy atom. The van der Waals surface area contributed by atoms with Gasteiger partial charge in [0, 0.05) is 16.5 Å². The third-order valence-electron chi connectivity index (χ3n) is 6.57. The molecular weight excluding hydrogens is 454 g/mol. The monoisotopic (exact) mass is 472 g/mol. The van der Waals surface area contributed by atoms with Crippen LogP contribution in [-0.2, 0) is 0 Å². The number of fused-ring (bicyclic) bond motifs is 4. The topological polar surface area (TPSA) is 31.0 Å². The first-order chi connectivity index (χ1) is 17.7. The molecule has 5 aromatic carbocycles. The van der Waals surface area contributed by atoms with Gasteiger partial charge in [0.2, 0.25) is 0 Å². The number of halogens is 2. The van der Waals surface area contributed by atoms with Gasteiger partial charge in [0.05, 0.1) is 22.2 Å². The van der Waals surface area contributed by atoms with Crippen LogP contribution in [0.25, 0.3) is 61.2 Å². The van der Waals surface area contributed by atoms with Gasteiger partial charge in [0.15, 0.2) is 0 Å². The number of hydrogen-bond acceptors (Lipinski definition) is 2. The SMILES string of the molecule is Fc1cccc(F)c1-c1ccc2c(c1)oc1c(-c3nc4ccccc4n3-c3ccccc3)cccc12. The second kappa shape index (κ2) is 7.89. The maximum atomic E-state index is 14.5. The molecule has 7 aromatic rings. The van der Waals surface area contributed by atoms with Crippen molar-refractivity contribution in [2.45, 2.75) is 0 Å². The highest BCUT2D eigenvalue weighted by Gasteiger charge is 2.20. The van der Waals surface area contributed by atoms with E-state index in [1.54, 1.807) is 12.1 Å². The Morgan fingerprint density at radius 2 is 1.42 bits per heavy atom. The van der Waals surface area contributed by atoms with E-state index in [0.29, 0.717) is 16.7 Å². The average molecular weight is 472 g/mol. The number of furan rings is 1. The van der Waals surface area contributed by atoms with Gasteiger partial charge in [-0.15, -0.1) is 0 Å². The second-order valence-corrected chi connectivity index (χ2v) is 8.69. The van der Waals surface area contributed by atoms with Crippen molar-refractivity contribution in [3.05, 3.63) is 121 Å². The summed E-state index contributed by atoms with van der Waals surface area (Å²) in [6.07, 6.45) is 0. The number of nitrogens with zero attached hydrogens (tertiary/aromatic N) is 2. The Bertz CT molecular complexity index is 1900. The molecule has 0 radical (unpaired) electrons. The molecule has 5 heteroatoms. The summed E-state index contributed by atoms with van der Waals surface area (Å²) >= 11 is 0. The van der Waals surface area contributed by atoms with Crippen molar-refractivity contribution in [1.82, 2.24) is 9.55 Å². The molecule has 0 saturated heterocycles. The van der Waals surface area contributed by atoms with E-state index in [2.05, 4.69) is 4.57 Å². The molecule has 36 heavy (non-hydrogen) atoms. The van der Waals surface area contributed by atoms with Crippen LogP contribution in [0.5, 0.6) is 0 Å². The third-order valence-corrected chi connectivity index (χ3v) is 6.57. The van der Waals surface area contributed by atoms with Crippen molar-refractivity contribution in [3.8, 4) is 28.2 Å². The highest BCUT2D eigenvalue weighted by Crippen LogP contribution is 2.39. The van der Waals surface area contributed by atoms with E-state index < -0.39 is 11.6 Å². The molecule has 0 saturated carbocycles. The molecule has 0 aliphatic carbocycles. The van der Waals surface area contributed by atoms with Gasteiger partial charge < -0.3 is 4.42 Å². The van der Waals surface area contributed by atoms with E-state index in [1.807, 2.05) is 78.9 Å². The molecule has 2 heterocycles. The van der Waals surface area contributed by atoms with Gasteiger partial charge >= 0.3 is 0 Å². The molecule has 0 aliphatic heterocycles. The molecule has 2 aromatic heterocycles. The maximum Gasteiger partial charge on any atom is 0.149 e. The van der Waals surface area contributed by atoms with E-state index in [-0.39, 0.29) is 5.56 Å². The van der Waals surface area contributed by atoms with Crippen LogP contribution in [0.1, 0.15) is 0 Å². The van der Waals surface area contributed by atoms with E-state index in [1.165, 1.54) is 18.2 Å². The van der Waals surface area contributed by atoms with Gasteiger partial charge in [-0.2, -0.15) is 0 Å². The fourth-order valence-electron chi connectivity index (χ4n) is 4.95. The Kier molecular flexibility index (Phi) is 4.51. The van der Waals surface area contributed by atoms with Gasteiger partial charge in [-0.05, 0) is 60.2 Å². The zero-order chi connectivity index (χ0) is 24.2. The van der Waals surface area contributed by atoms with Crippen molar-refractivity contribution in [3.63, 3.8) is 0 Å². The largest absolute Gasteiger partial charge is 0.455 e. The van der Waals surface area contributed by atoms with E-state index >= 15 is 0 Å². The second-order valence-electron chi connectivity index (χ2n) is 8.69. The summed E-state index contributed by atoms with van der Waals surface area (Å²) in [7, 11) is 0. The predicted octanol–water partition coefficient (Wildman–Crippen LogP) is 8.54. The van der Waals surface area contributed by atoms with Crippen molar-refractivity contribution >= 4 is 33.0 Å². The lowest BCUT2D eigenvalue weighted by atomic mass is 10.0. The average Bonchev–Trinajstić information content (AvgIpc) is 3.47. The minimum Gasteiger partial charge on any atom is -0.455 e. The summed E-state index contributed by atoms with van der Waals surface area (Å²) in [5.41, 5.74) is 5.28. The number of para-hydroxylation sites is 4. The zero-order valence-corrected chi connectivity index (χ0v) is 19.0. The molecule has 3 nitrogen and oxygen atoms in total. The lowest BCUT2D eigenvalue weighted by Crippen LogP contribution is -1.97. The minimum absolute atomic E-state index is 0.0639. The quantitative estimate of drug-likeness (QED) is 0.258. The van der Waals surface area contributed by atoms with Crippen LogP contribution in [-0.4, -0.2) is 9.55 Å². The van der Waals surface area contributed by atoms with Gasteiger partial charge in [-0.1, -0.05) is 54.6 Å². The minimum atomic E-state index is -0.609. The van der Waals surface area contributed by atoms with Crippen LogP contribution in [0, 0.1) is 11.6 Å². The summed E-state index contributed by atoms with van der Waals surface area (Å²) in [6.45, 7) is 0. The molecule has 0 aliphatic rings. The van der Waals surface area contributed by atoms with E-state index in [9.17, 15) is 8.78 Å². The maximum absolute atomic E-state index is 14.5. The smallest absolute Gasteiger partial charge is 0.149 e. The third kappa shape index (κ3) is 3.06. The number of benzene rings is 5. The van der Waals surface area contributed by atoms with Crippen molar-refractivity contribution in [2.75, 3.05) is 0 Å². The number of rotatable bonds is 3. The fraction of sp³-hybridized carbons (Fsp3) is 0. The molecule has 0 N–H and O–H groups in total. The van der Waals surface area contributed by atoms with Crippen LogP contribution in [0.15, 0.2) is 114 Å². The van der Waals surface area contributed by atoms with Crippen LogP contribution in [0.2, 0.25) is 0 Å². The van der Waals surface area contributed by atoms with Crippen LogP contribution in [0.3, 0.4) is 0 Å². The highest BCUT2D eigenvalue weighted by molar-refractivity contribution is 6.10. The Labute approximate surface area is 204 Å². The summed E-state index contributed by atoms with van der Waals surface area (Å²) in [6, 6.07) is 33.2. The van der Waals surface area contributed by atoms with Gasteiger partial charge in [0.1, 0.15) is 28.6 Å². The van der Waals surface area contributed by atoms with Crippen molar-refractivity contribution < 1.29 is 13.2 Å². The number of aromatic nitrogens is 2. The molecule has 0 unspecified atom stereocenters. The Hall–Kier alpha value is -4.77. The highest BCUT2D eigenvalue weighted by atomic mass is 19.1. The van der Waals surface area contributed by atoms with Gasteiger partial charge in [-0.3, -0.25) is 4.57 Å². The van der Waals surface area contributed by atoms with Crippen LogP contribution >= 0.6 is 0 Å². The van der Waals surface area contributed by atoms with Gasteiger partial charge in [-0.25, -0.2) is 13.8 Å². The first kappa shape index (κ1) is 20.6. The van der Waals surface area contributed by atoms with E-state index in [0.717, 1.165) is 38.9 Å². The lowest BCUT2D eigenvalue weighted by molar-refractivity contribution is 0.589. The summed E-state index contributed by atoms with van der Waals surface area (Å²) in [5, 5.41) is 1.78. The summed E-state index contributed by atoms with van der Waals surface area (Å²) in [4.78, 5) is 4.97. The Morgan fingerprint density at radius 1 is 0.667 bits per heavy atom. The first-order valence-corrected chi connectivity index (χ1v) is 11.6.